The van der Waals surface area contributed by atoms with Crippen molar-refractivity contribution in [2.75, 3.05) is 26.8 Å². The van der Waals surface area contributed by atoms with E-state index in [-0.39, 0.29) is 18.0 Å². The predicted molar refractivity (Wildman–Crippen MR) is 119 cm³/mol. The van der Waals surface area contributed by atoms with Crippen molar-refractivity contribution < 1.29 is 14.3 Å². The highest BCUT2D eigenvalue weighted by Crippen LogP contribution is 2.32. The number of benzene rings is 2. The summed E-state index contributed by atoms with van der Waals surface area (Å²) in [6, 6.07) is 9.86. The molecule has 7 nitrogen and oxygen atoms in total. The Morgan fingerprint density at radius 1 is 1.13 bits per heavy atom. The zero-order chi connectivity index (χ0) is 21.5. The van der Waals surface area contributed by atoms with Crippen LogP contribution in [0.4, 0.5) is 0 Å². The van der Waals surface area contributed by atoms with E-state index in [1.165, 1.54) is 11.1 Å². The Bertz CT molecular complexity index is 1100. The molecular weight excluding hydrogens is 392 g/mol. The summed E-state index contributed by atoms with van der Waals surface area (Å²) in [5.74, 6) is 2.20. The molecule has 0 saturated carbocycles. The molecule has 2 aromatic carbocycles. The van der Waals surface area contributed by atoms with Crippen molar-refractivity contribution in [2.45, 2.75) is 38.8 Å². The van der Waals surface area contributed by atoms with Crippen LogP contribution in [0.1, 0.15) is 46.2 Å². The number of aromatic nitrogens is 2. The molecule has 0 bridgehead atoms. The lowest BCUT2D eigenvalue weighted by Gasteiger charge is -2.36. The van der Waals surface area contributed by atoms with Crippen molar-refractivity contribution in [1.29, 1.82) is 0 Å². The lowest BCUT2D eigenvalue weighted by atomic mass is 9.96. The average molecular weight is 421 g/mol. The van der Waals surface area contributed by atoms with Gasteiger partial charge >= 0.3 is 0 Å². The van der Waals surface area contributed by atoms with Crippen molar-refractivity contribution in [2.24, 2.45) is 0 Å². The molecule has 31 heavy (non-hydrogen) atoms. The van der Waals surface area contributed by atoms with E-state index in [9.17, 15) is 4.79 Å². The van der Waals surface area contributed by atoms with Crippen LogP contribution in [0.25, 0.3) is 11.0 Å². The van der Waals surface area contributed by atoms with Crippen LogP contribution in [-0.2, 0) is 0 Å². The number of aromatic amines is 1. The first-order valence-corrected chi connectivity index (χ1v) is 10.9. The number of ether oxygens (including phenoxy) is 2. The number of rotatable bonds is 3. The van der Waals surface area contributed by atoms with E-state index in [0.29, 0.717) is 30.3 Å². The second-order valence-corrected chi connectivity index (χ2v) is 8.63. The number of hydrogen-bond donors (Lipinski definition) is 2. The van der Waals surface area contributed by atoms with Gasteiger partial charge in [0.05, 0.1) is 17.1 Å². The van der Waals surface area contributed by atoms with Gasteiger partial charge in [0, 0.05) is 18.2 Å². The fraction of sp³-hybridized carbons (Fsp3) is 0.417. The van der Waals surface area contributed by atoms with Crippen molar-refractivity contribution >= 4 is 16.9 Å². The molecular formula is C24H28N4O3. The van der Waals surface area contributed by atoms with Gasteiger partial charge in [-0.05, 0) is 75.2 Å². The Kier molecular flexibility index (Phi) is 5.06. The van der Waals surface area contributed by atoms with Crippen LogP contribution >= 0.6 is 0 Å². The Hall–Kier alpha value is -3.06. The summed E-state index contributed by atoms with van der Waals surface area (Å²) in [5.41, 5.74) is 5.15. The molecule has 2 aliphatic heterocycles. The Balaban J connectivity index is 1.32. The zero-order valence-corrected chi connectivity index (χ0v) is 18.2. The van der Waals surface area contributed by atoms with Crippen molar-refractivity contribution in [3.05, 3.63) is 52.8 Å². The third-order valence-corrected chi connectivity index (χ3v) is 6.44. The molecule has 1 amide bonds. The van der Waals surface area contributed by atoms with Gasteiger partial charge in [-0.3, -0.25) is 9.69 Å². The highest BCUT2D eigenvalue weighted by atomic mass is 16.6. The fourth-order valence-electron chi connectivity index (χ4n) is 4.43. The predicted octanol–water partition coefficient (Wildman–Crippen LogP) is 3.52. The normalized spacial score (nSPS) is 21.3. The second kappa shape index (κ2) is 7.89. The van der Waals surface area contributed by atoms with E-state index in [0.717, 1.165) is 36.2 Å². The Morgan fingerprint density at radius 2 is 1.90 bits per heavy atom. The summed E-state index contributed by atoms with van der Waals surface area (Å²) >= 11 is 0. The molecule has 0 radical (unpaired) electrons. The molecule has 1 saturated heterocycles. The molecule has 0 spiro atoms. The number of aryl methyl sites for hydroxylation is 2. The number of nitrogens with one attached hydrogen (secondary N) is 2. The van der Waals surface area contributed by atoms with Crippen LogP contribution in [0.3, 0.4) is 0 Å². The SMILES string of the molecule is Cc1cc2nc(C3CC(NC(=O)c4ccc5c(c4)OCCO5)CCN3C)[nH]c2cc1C. The number of amides is 1. The molecule has 0 aliphatic carbocycles. The first-order valence-electron chi connectivity index (χ1n) is 10.9. The summed E-state index contributed by atoms with van der Waals surface area (Å²) in [4.78, 5) is 23.6. The van der Waals surface area contributed by atoms with Crippen LogP contribution in [0.5, 0.6) is 11.5 Å². The van der Waals surface area contributed by atoms with Crippen molar-refractivity contribution in [1.82, 2.24) is 20.2 Å². The number of nitrogens with zero attached hydrogens (tertiary/aromatic N) is 2. The highest BCUT2D eigenvalue weighted by Gasteiger charge is 2.30. The van der Waals surface area contributed by atoms with Crippen molar-refractivity contribution in [3.63, 3.8) is 0 Å². The third kappa shape index (κ3) is 3.85. The molecule has 2 aliphatic rings. The maximum absolute atomic E-state index is 12.9. The molecule has 3 heterocycles. The van der Waals surface area contributed by atoms with Gasteiger partial charge in [-0.2, -0.15) is 0 Å². The van der Waals surface area contributed by atoms with Gasteiger partial charge in [0.15, 0.2) is 11.5 Å². The van der Waals surface area contributed by atoms with E-state index < -0.39 is 0 Å². The summed E-state index contributed by atoms with van der Waals surface area (Å²) < 4.78 is 11.2. The number of likely N-dealkylation sites (tertiary alicyclic amines) is 1. The molecule has 2 N–H and O–H groups in total. The first kappa shape index (κ1) is 19.9. The number of H-pyrrole nitrogens is 1. The lowest BCUT2D eigenvalue weighted by molar-refractivity contribution is 0.0883. The number of fused-ring (bicyclic) bond motifs is 2. The maximum atomic E-state index is 12.9. The summed E-state index contributed by atoms with van der Waals surface area (Å²) in [5, 5.41) is 3.21. The van der Waals surface area contributed by atoms with Gasteiger partial charge in [0.25, 0.3) is 5.91 Å². The number of carbonyl (C=O) groups is 1. The third-order valence-electron chi connectivity index (χ3n) is 6.44. The molecule has 2 atom stereocenters. The standard InChI is InChI=1S/C24H28N4O3/c1-14-10-18-19(11-15(14)2)27-23(26-18)20-13-17(6-7-28(20)3)25-24(29)16-4-5-21-22(12-16)31-9-8-30-21/h4-5,10-12,17,20H,6-9,13H2,1-3H3,(H,25,29)(H,26,27). The largest absolute Gasteiger partial charge is 0.486 e. The van der Waals surface area contributed by atoms with Crippen LogP contribution in [-0.4, -0.2) is 53.6 Å². The van der Waals surface area contributed by atoms with Gasteiger partial charge < -0.3 is 19.8 Å². The minimum atomic E-state index is -0.0823. The highest BCUT2D eigenvalue weighted by molar-refractivity contribution is 5.95. The summed E-state index contributed by atoms with van der Waals surface area (Å²) in [7, 11) is 2.12. The van der Waals surface area contributed by atoms with E-state index >= 15 is 0 Å². The Morgan fingerprint density at radius 3 is 2.74 bits per heavy atom. The number of carbonyl (C=O) groups excluding carboxylic acids is 1. The fourth-order valence-corrected chi connectivity index (χ4v) is 4.43. The topological polar surface area (TPSA) is 79.5 Å². The summed E-state index contributed by atoms with van der Waals surface area (Å²) in [6.45, 7) is 6.17. The van der Waals surface area contributed by atoms with Gasteiger partial charge in [-0.15, -0.1) is 0 Å². The minimum absolute atomic E-state index is 0.0820. The van der Waals surface area contributed by atoms with E-state index in [4.69, 9.17) is 14.5 Å². The van der Waals surface area contributed by atoms with Crippen LogP contribution in [0.15, 0.2) is 30.3 Å². The first-order chi connectivity index (χ1) is 15.0. The molecule has 7 heteroatoms. The molecule has 2 unspecified atom stereocenters. The van der Waals surface area contributed by atoms with Gasteiger partial charge in [-0.25, -0.2) is 4.98 Å². The molecule has 1 aromatic heterocycles. The smallest absolute Gasteiger partial charge is 0.251 e. The zero-order valence-electron chi connectivity index (χ0n) is 18.2. The number of hydrogen-bond acceptors (Lipinski definition) is 5. The molecule has 5 rings (SSSR count). The molecule has 162 valence electrons. The maximum Gasteiger partial charge on any atom is 0.251 e. The Labute approximate surface area is 181 Å². The van der Waals surface area contributed by atoms with Crippen molar-refractivity contribution in [3.8, 4) is 11.5 Å². The van der Waals surface area contributed by atoms with E-state index in [1.807, 2.05) is 0 Å². The number of piperidine rings is 1. The molecule has 3 aromatic rings. The second-order valence-electron chi connectivity index (χ2n) is 8.63. The summed E-state index contributed by atoms with van der Waals surface area (Å²) in [6.07, 6.45) is 1.71. The average Bonchev–Trinajstić information content (AvgIpc) is 3.17. The van der Waals surface area contributed by atoms with Crippen LogP contribution < -0.4 is 14.8 Å². The lowest BCUT2D eigenvalue weighted by Crippen LogP contribution is -2.45. The minimum Gasteiger partial charge on any atom is -0.486 e. The van der Waals surface area contributed by atoms with Crippen LogP contribution in [0, 0.1) is 13.8 Å². The van der Waals surface area contributed by atoms with E-state index in [2.05, 4.69) is 48.2 Å². The van der Waals surface area contributed by atoms with Gasteiger partial charge in [-0.1, -0.05) is 0 Å². The van der Waals surface area contributed by atoms with E-state index in [1.54, 1.807) is 18.2 Å². The van der Waals surface area contributed by atoms with Gasteiger partial charge in [0.2, 0.25) is 0 Å². The monoisotopic (exact) mass is 420 g/mol. The number of imidazole rings is 1. The quantitative estimate of drug-likeness (QED) is 0.678. The molecule has 1 fully saturated rings. The van der Waals surface area contributed by atoms with Gasteiger partial charge in [0.1, 0.15) is 19.0 Å². The van der Waals surface area contributed by atoms with Crippen LogP contribution in [0.2, 0.25) is 0 Å².